The van der Waals surface area contributed by atoms with Crippen LogP contribution in [0.3, 0.4) is 0 Å². The van der Waals surface area contributed by atoms with Gasteiger partial charge in [0.1, 0.15) is 12.4 Å². The second-order valence-electron chi connectivity index (χ2n) is 4.62. The van der Waals surface area contributed by atoms with Crippen LogP contribution in [0.2, 0.25) is 0 Å². The number of carbonyl (C=O) groups excluding carboxylic acids is 1. The molecule has 0 spiro atoms. The van der Waals surface area contributed by atoms with Crippen LogP contribution in [0.5, 0.6) is 5.75 Å². The molecule has 2 aromatic rings. The molecule has 4 nitrogen and oxygen atoms in total. The molecule has 0 radical (unpaired) electrons. The molecule has 2 rings (SSSR count). The minimum absolute atomic E-state index is 0.256. The molecule has 110 valence electrons. The van der Waals surface area contributed by atoms with Gasteiger partial charge in [0.15, 0.2) is 0 Å². The average molecular weight is 292 g/mol. The minimum atomic E-state index is -0.256. The summed E-state index contributed by atoms with van der Waals surface area (Å²) in [5.41, 5.74) is 2.53. The van der Waals surface area contributed by atoms with Gasteiger partial charge in [-0.3, -0.25) is 4.79 Å². The molecule has 1 N–H and O–H groups in total. The summed E-state index contributed by atoms with van der Waals surface area (Å²) < 4.78 is 5.72. The van der Waals surface area contributed by atoms with E-state index in [-0.39, 0.29) is 5.91 Å². The van der Waals surface area contributed by atoms with Crippen LogP contribution in [0, 0.1) is 11.3 Å². The van der Waals surface area contributed by atoms with Gasteiger partial charge in [-0.15, -0.1) is 0 Å². The van der Waals surface area contributed by atoms with Crippen LogP contribution in [0.25, 0.3) is 0 Å². The first-order valence-electron chi connectivity index (χ1n) is 6.83. The van der Waals surface area contributed by atoms with Crippen molar-refractivity contribution < 1.29 is 9.53 Å². The summed E-state index contributed by atoms with van der Waals surface area (Å²) in [4.78, 5) is 11.4. The Morgan fingerprint density at radius 2 is 1.95 bits per heavy atom. The lowest BCUT2D eigenvalue weighted by Gasteiger charge is -2.11. The molecule has 0 heterocycles. The van der Waals surface area contributed by atoms with Gasteiger partial charge < -0.3 is 10.1 Å². The Bertz CT molecular complexity index is 700. The molecule has 0 aliphatic heterocycles. The molecule has 0 aromatic heterocycles. The number of hydrogen-bond donors (Lipinski definition) is 1. The molecule has 0 saturated heterocycles. The van der Waals surface area contributed by atoms with Crippen LogP contribution >= 0.6 is 0 Å². The highest BCUT2D eigenvalue weighted by Gasteiger charge is 2.05. The lowest BCUT2D eigenvalue weighted by atomic mass is 10.1. The van der Waals surface area contributed by atoms with E-state index in [9.17, 15) is 4.79 Å². The van der Waals surface area contributed by atoms with Crippen LogP contribution in [-0.2, 0) is 17.8 Å². The van der Waals surface area contributed by atoms with Crippen molar-refractivity contribution in [3.63, 3.8) is 0 Å². The van der Waals surface area contributed by atoms with Gasteiger partial charge in [-0.25, -0.2) is 0 Å². The maximum Gasteiger partial charge on any atom is 0.247 e. The van der Waals surface area contributed by atoms with Crippen LogP contribution in [-0.4, -0.2) is 5.91 Å². The van der Waals surface area contributed by atoms with Gasteiger partial charge in [0, 0.05) is 11.3 Å². The fourth-order valence-corrected chi connectivity index (χ4v) is 1.91. The van der Waals surface area contributed by atoms with E-state index in [1.807, 2.05) is 48.5 Å². The smallest absolute Gasteiger partial charge is 0.247 e. The van der Waals surface area contributed by atoms with Gasteiger partial charge in [-0.1, -0.05) is 36.9 Å². The highest BCUT2D eigenvalue weighted by Crippen LogP contribution is 2.19. The predicted octanol–water partition coefficient (Wildman–Crippen LogP) is 3.46. The fourth-order valence-electron chi connectivity index (χ4n) is 1.91. The lowest BCUT2D eigenvalue weighted by Crippen LogP contribution is -2.10. The standard InChI is InChI=1S/C18H16N2O2/c1-2-18(21)20-17-6-4-3-5-15(17)13-22-16-9-7-14(8-10-16)11-12-19/h2-10H,1,11,13H2,(H,20,21). The Hall–Kier alpha value is -3.06. The van der Waals surface area contributed by atoms with Crippen molar-refractivity contribution in [2.24, 2.45) is 0 Å². The zero-order valence-corrected chi connectivity index (χ0v) is 12.1. The molecule has 0 bridgehead atoms. The zero-order valence-electron chi connectivity index (χ0n) is 12.1. The normalized spacial score (nSPS) is 9.59. The Balaban J connectivity index is 2.03. The Morgan fingerprint density at radius 1 is 1.23 bits per heavy atom. The first-order chi connectivity index (χ1) is 10.7. The van der Waals surface area contributed by atoms with Crippen LogP contribution < -0.4 is 10.1 Å². The lowest BCUT2D eigenvalue weighted by molar-refractivity contribution is -0.111. The molecule has 0 saturated carbocycles. The van der Waals surface area contributed by atoms with E-state index >= 15 is 0 Å². The van der Waals surface area contributed by atoms with E-state index in [0.29, 0.717) is 24.5 Å². The molecule has 0 aliphatic carbocycles. The quantitative estimate of drug-likeness (QED) is 0.829. The number of hydrogen-bond acceptors (Lipinski definition) is 3. The van der Waals surface area contributed by atoms with Crippen molar-refractivity contribution in [2.75, 3.05) is 5.32 Å². The summed E-state index contributed by atoms with van der Waals surface area (Å²) in [6.45, 7) is 3.78. The third-order valence-electron chi connectivity index (χ3n) is 3.06. The number of ether oxygens (including phenoxy) is 1. The van der Waals surface area contributed by atoms with Gasteiger partial charge in [0.05, 0.1) is 12.5 Å². The Labute approximate surface area is 129 Å². The van der Waals surface area contributed by atoms with E-state index in [1.54, 1.807) is 0 Å². The molecule has 1 amide bonds. The third kappa shape index (κ3) is 4.22. The maximum absolute atomic E-state index is 11.4. The van der Waals surface area contributed by atoms with Gasteiger partial charge in [-0.2, -0.15) is 5.26 Å². The monoisotopic (exact) mass is 292 g/mol. The summed E-state index contributed by atoms with van der Waals surface area (Å²) in [5, 5.41) is 11.4. The van der Waals surface area contributed by atoms with Crippen molar-refractivity contribution in [3.8, 4) is 11.8 Å². The van der Waals surface area contributed by atoms with Crippen molar-refractivity contribution in [2.45, 2.75) is 13.0 Å². The van der Waals surface area contributed by atoms with Gasteiger partial charge >= 0.3 is 0 Å². The summed E-state index contributed by atoms with van der Waals surface area (Å²) >= 11 is 0. The first-order valence-corrected chi connectivity index (χ1v) is 6.83. The van der Waals surface area contributed by atoms with Crippen LogP contribution in [0.4, 0.5) is 5.69 Å². The molecule has 0 aliphatic rings. The molecular formula is C18H16N2O2. The second-order valence-corrected chi connectivity index (χ2v) is 4.62. The number of nitrogens with one attached hydrogen (secondary N) is 1. The van der Waals surface area contributed by atoms with E-state index in [0.717, 1.165) is 11.1 Å². The van der Waals surface area contributed by atoms with E-state index in [4.69, 9.17) is 10.00 Å². The van der Waals surface area contributed by atoms with E-state index < -0.39 is 0 Å². The topological polar surface area (TPSA) is 62.1 Å². The first kappa shape index (κ1) is 15.3. The Morgan fingerprint density at radius 3 is 2.64 bits per heavy atom. The van der Waals surface area contributed by atoms with Crippen molar-refractivity contribution in [3.05, 3.63) is 72.3 Å². The van der Waals surface area contributed by atoms with Gasteiger partial charge in [-0.05, 0) is 29.8 Å². The molecule has 0 atom stereocenters. The average Bonchev–Trinajstić information content (AvgIpc) is 2.55. The van der Waals surface area contributed by atoms with Crippen molar-refractivity contribution in [1.82, 2.24) is 0 Å². The van der Waals surface area contributed by atoms with E-state index in [2.05, 4.69) is 18.0 Å². The predicted molar refractivity (Wildman–Crippen MR) is 85.4 cm³/mol. The number of amides is 1. The minimum Gasteiger partial charge on any atom is -0.489 e. The number of carbonyl (C=O) groups is 1. The maximum atomic E-state index is 11.4. The molecule has 4 heteroatoms. The molecule has 22 heavy (non-hydrogen) atoms. The summed E-state index contributed by atoms with van der Waals surface area (Å²) in [7, 11) is 0. The van der Waals surface area contributed by atoms with Crippen molar-refractivity contribution in [1.29, 1.82) is 5.26 Å². The highest BCUT2D eigenvalue weighted by molar-refractivity contribution is 5.99. The number of para-hydroxylation sites is 1. The molecular weight excluding hydrogens is 276 g/mol. The number of rotatable bonds is 6. The summed E-state index contributed by atoms with van der Waals surface area (Å²) in [6.07, 6.45) is 1.61. The van der Waals surface area contributed by atoms with Crippen LogP contribution in [0.1, 0.15) is 11.1 Å². The SMILES string of the molecule is C=CC(=O)Nc1ccccc1COc1ccc(CC#N)cc1. The highest BCUT2D eigenvalue weighted by atomic mass is 16.5. The Kier molecular flexibility index (Phi) is 5.33. The van der Waals surface area contributed by atoms with Gasteiger partial charge in [0.25, 0.3) is 0 Å². The van der Waals surface area contributed by atoms with E-state index in [1.165, 1.54) is 6.08 Å². The number of benzene rings is 2. The largest absolute Gasteiger partial charge is 0.489 e. The zero-order chi connectivity index (χ0) is 15.8. The number of anilines is 1. The third-order valence-corrected chi connectivity index (χ3v) is 3.06. The van der Waals surface area contributed by atoms with Gasteiger partial charge in [0.2, 0.25) is 5.91 Å². The van der Waals surface area contributed by atoms with Crippen molar-refractivity contribution >= 4 is 11.6 Å². The number of nitriles is 1. The number of nitrogens with zero attached hydrogens (tertiary/aromatic N) is 1. The summed E-state index contributed by atoms with van der Waals surface area (Å²) in [5.74, 6) is 0.458. The van der Waals surface area contributed by atoms with Crippen LogP contribution in [0.15, 0.2) is 61.2 Å². The molecule has 2 aromatic carbocycles. The molecule has 0 fully saturated rings. The summed E-state index contributed by atoms with van der Waals surface area (Å²) in [6, 6.07) is 16.9. The fraction of sp³-hybridized carbons (Fsp3) is 0.111. The second kappa shape index (κ2) is 7.65. The molecule has 0 unspecified atom stereocenters.